The smallest absolute Gasteiger partial charge is 0.191 e. The van der Waals surface area contributed by atoms with Gasteiger partial charge in [-0.2, -0.15) is 0 Å². The summed E-state index contributed by atoms with van der Waals surface area (Å²) in [5.41, 5.74) is 2.31. The molecular weight excluding hydrogens is 376 g/mol. The summed E-state index contributed by atoms with van der Waals surface area (Å²) in [6.07, 6.45) is 2.17. The summed E-state index contributed by atoms with van der Waals surface area (Å²) in [7, 11) is 1.55. The van der Waals surface area contributed by atoms with Crippen LogP contribution in [-0.2, 0) is 13.1 Å². The summed E-state index contributed by atoms with van der Waals surface area (Å²) in [4.78, 5) is 7.27. The molecule has 1 fully saturated rings. The highest BCUT2D eigenvalue weighted by molar-refractivity contribution is 5.80. The minimum absolute atomic E-state index is 0.141. The maximum Gasteiger partial charge on any atom is 0.191 e. The second-order valence-corrected chi connectivity index (χ2v) is 7.87. The third kappa shape index (κ3) is 6.13. The fourth-order valence-electron chi connectivity index (χ4n) is 3.92. The van der Waals surface area contributed by atoms with Crippen LogP contribution in [0.4, 0.5) is 0 Å². The molecule has 1 aliphatic heterocycles. The molecule has 0 amide bonds. The van der Waals surface area contributed by atoms with E-state index in [2.05, 4.69) is 59.7 Å². The van der Waals surface area contributed by atoms with E-state index < -0.39 is 0 Å². The molecule has 0 radical (unpaired) electrons. The first-order valence-corrected chi connectivity index (χ1v) is 10.8. The molecule has 0 aliphatic carbocycles. The predicted octanol–water partition coefficient (Wildman–Crippen LogP) is 3.51. The third-order valence-electron chi connectivity index (χ3n) is 5.59. The molecule has 2 atom stereocenters. The summed E-state index contributed by atoms with van der Waals surface area (Å²) in [6.45, 7) is 7.75. The minimum atomic E-state index is 0.141. The van der Waals surface area contributed by atoms with Crippen LogP contribution >= 0.6 is 0 Å². The number of methoxy groups -OCH3 is 1. The van der Waals surface area contributed by atoms with Gasteiger partial charge in [0.05, 0.1) is 13.7 Å². The number of likely N-dealkylation sites (tertiary alicyclic amines) is 1. The largest absolute Gasteiger partial charge is 0.504 e. The van der Waals surface area contributed by atoms with Crippen molar-refractivity contribution >= 4 is 5.96 Å². The molecule has 6 heteroatoms. The van der Waals surface area contributed by atoms with E-state index in [-0.39, 0.29) is 5.75 Å². The number of aliphatic imine (C=N–C) groups is 1. The lowest BCUT2D eigenvalue weighted by Crippen LogP contribution is -2.51. The average molecular weight is 411 g/mol. The predicted molar refractivity (Wildman–Crippen MR) is 122 cm³/mol. The normalized spacial score (nSPS) is 20.0. The first kappa shape index (κ1) is 22.0. The summed E-state index contributed by atoms with van der Waals surface area (Å²) in [5, 5.41) is 16.9. The molecule has 2 aromatic rings. The third-order valence-corrected chi connectivity index (χ3v) is 5.59. The number of nitrogens with zero attached hydrogens (tertiary/aromatic N) is 2. The summed E-state index contributed by atoms with van der Waals surface area (Å²) in [6, 6.07) is 17.0. The van der Waals surface area contributed by atoms with Crippen LogP contribution in [0.2, 0.25) is 0 Å². The van der Waals surface area contributed by atoms with Crippen LogP contribution in [0.5, 0.6) is 11.5 Å². The van der Waals surface area contributed by atoms with Crippen molar-refractivity contribution in [3.63, 3.8) is 0 Å². The number of phenolic OH excluding ortho intramolecular Hbond substituents is 1. The van der Waals surface area contributed by atoms with Gasteiger partial charge in [-0.1, -0.05) is 36.4 Å². The Morgan fingerprint density at radius 1 is 1.20 bits per heavy atom. The number of piperidine rings is 1. The Balaban J connectivity index is 1.56. The van der Waals surface area contributed by atoms with Gasteiger partial charge in [-0.3, -0.25) is 4.90 Å². The lowest BCUT2D eigenvalue weighted by Gasteiger charge is -2.38. The van der Waals surface area contributed by atoms with E-state index in [0.717, 1.165) is 44.0 Å². The van der Waals surface area contributed by atoms with Crippen molar-refractivity contribution in [3.8, 4) is 11.5 Å². The molecule has 0 saturated carbocycles. The maximum absolute atomic E-state index is 9.97. The summed E-state index contributed by atoms with van der Waals surface area (Å²) in [5.74, 6) is 1.44. The maximum atomic E-state index is 9.97. The van der Waals surface area contributed by atoms with E-state index in [1.165, 1.54) is 5.56 Å². The van der Waals surface area contributed by atoms with Gasteiger partial charge in [0, 0.05) is 31.7 Å². The van der Waals surface area contributed by atoms with Crippen LogP contribution in [0.25, 0.3) is 0 Å². The molecule has 0 spiro atoms. The SMILES string of the molecule is CCNC(=NCc1ccc(OC)c(O)c1)NC1CCN(Cc2ccccc2)C(C)C1. The van der Waals surface area contributed by atoms with Crippen molar-refractivity contribution in [1.82, 2.24) is 15.5 Å². The van der Waals surface area contributed by atoms with Crippen molar-refractivity contribution in [3.05, 3.63) is 59.7 Å². The Labute approximate surface area is 180 Å². The first-order chi connectivity index (χ1) is 14.6. The van der Waals surface area contributed by atoms with Crippen LogP contribution in [0, 0.1) is 0 Å². The van der Waals surface area contributed by atoms with Gasteiger partial charge in [-0.15, -0.1) is 0 Å². The fourth-order valence-corrected chi connectivity index (χ4v) is 3.92. The van der Waals surface area contributed by atoms with Crippen molar-refractivity contribution < 1.29 is 9.84 Å². The molecule has 0 bridgehead atoms. The van der Waals surface area contributed by atoms with Crippen LogP contribution in [0.3, 0.4) is 0 Å². The molecule has 3 N–H and O–H groups in total. The quantitative estimate of drug-likeness (QED) is 0.481. The molecule has 2 unspecified atom stereocenters. The molecule has 6 nitrogen and oxygen atoms in total. The number of phenols is 1. The molecular formula is C24H34N4O2. The first-order valence-electron chi connectivity index (χ1n) is 10.8. The zero-order valence-electron chi connectivity index (χ0n) is 18.3. The number of hydrogen-bond donors (Lipinski definition) is 3. The average Bonchev–Trinajstić information content (AvgIpc) is 2.75. The van der Waals surface area contributed by atoms with Crippen molar-refractivity contribution in [1.29, 1.82) is 0 Å². The molecule has 2 aromatic carbocycles. The Morgan fingerprint density at radius 2 is 2.00 bits per heavy atom. The zero-order chi connectivity index (χ0) is 21.3. The Bertz CT molecular complexity index is 825. The van der Waals surface area contributed by atoms with E-state index in [9.17, 15) is 5.11 Å². The number of nitrogens with one attached hydrogen (secondary N) is 2. The van der Waals surface area contributed by atoms with Crippen molar-refractivity contribution in [2.45, 2.75) is 51.9 Å². The summed E-state index contributed by atoms with van der Waals surface area (Å²) >= 11 is 0. The van der Waals surface area contributed by atoms with Gasteiger partial charge in [-0.25, -0.2) is 4.99 Å². The highest BCUT2D eigenvalue weighted by Gasteiger charge is 2.25. The number of aromatic hydroxyl groups is 1. The van der Waals surface area contributed by atoms with Crippen LogP contribution in [0.1, 0.15) is 37.8 Å². The number of benzene rings is 2. The molecule has 162 valence electrons. The number of guanidine groups is 1. The summed E-state index contributed by atoms with van der Waals surface area (Å²) < 4.78 is 5.11. The van der Waals surface area contributed by atoms with Gasteiger partial charge in [0.1, 0.15) is 0 Å². The van der Waals surface area contributed by atoms with Crippen molar-refractivity contribution in [2.75, 3.05) is 20.2 Å². The second kappa shape index (κ2) is 10.9. The van der Waals surface area contributed by atoms with E-state index in [1.54, 1.807) is 19.2 Å². The number of hydrogen-bond acceptors (Lipinski definition) is 4. The minimum Gasteiger partial charge on any atom is -0.504 e. The zero-order valence-corrected chi connectivity index (χ0v) is 18.3. The van der Waals surface area contributed by atoms with Gasteiger partial charge >= 0.3 is 0 Å². The molecule has 1 aliphatic rings. The topological polar surface area (TPSA) is 69.1 Å². The second-order valence-electron chi connectivity index (χ2n) is 7.87. The molecule has 30 heavy (non-hydrogen) atoms. The van der Waals surface area contributed by atoms with Gasteiger partial charge < -0.3 is 20.5 Å². The Hall–Kier alpha value is -2.73. The lowest BCUT2D eigenvalue weighted by molar-refractivity contribution is 0.134. The lowest BCUT2D eigenvalue weighted by atomic mass is 9.97. The highest BCUT2D eigenvalue weighted by atomic mass is 16.5. The highest BCUT2D eigenvalue weighted by Crippen LogP contribution is 2.26. The molecule has 0 aromatic heterocycles. The van der Waals surface area contributed by atoms with Gasteiger partial charge in [0.15, 0.2) is 17.5 Å². The van der Waals surface area contributed by atoms with Gasteiger partial charge in [0.2, 0.25) is 0 Å². The monoisotopic (exact) mass is 410 g/mol. The van der Waals surface area contributed by atoms with Crippen LogP contribution < -0.4 is 15.4 Å². The van der Waals surface area contributed by atoms with Crippen molar-refractivity contribution in [2.24, 2.45) is 4.99 Å². The van der Waals surface area contributed by atoms with E-state index in [4.69, 9.17) is 9.73 Å². The van der Waals surface area contributed by atoms with Gasteiger partial charge in [0.25, 0.3) is 0 Å². The Morgan fingerprint density at radius 3 is 2.67 bits per heavy atom. The van der Waals surface area contributed by atoms with Gasteiger partial charge in [-0.05, 0) is 49.9 Å². The van der Waals surface area contributed by atoms with Crippen LogP contribution in [-0.4, -0.2) is 48.2 Å². The number of rotatable bonds is 7. The molecule has 1 heterocycles. The fraction of sp³-hybridized carbons (Fsp3) is 0.458. The van der Waals surface area contributed by atoms with E-state index in [1.807, 2.05) is 6.07 Å². The Kier molecular flexibility index (Phi) is 7.97. The van der Waals surface area contributed by atoms with Crippen LogP contribution in [0.15, 0.2) is 53.5 Å². The molecule has 3 rings (SSSR count). The van der Waals surface area contributed by atoms with E-state index in [0.29, 0.717) is 24.4 Å². The molecule has 1 saturated heterocycles. The van der Waals surface area contributed by atoms with E-state index >= 15 is 0 Å². The number of ether oxygens (including phenoxy) is 1. The standard InChI is InChI=1S/C24H34N4O2/c1-4-25-24(26-16-20-10-11-23(30-3)22(29)15-20)27-21-12-13-28(18(2)14-21)17-19-8-6-5-7-9-19/h5-11,15,18,21,29H,4,12-14,16-17H2,1-3H3,(H2,25,26,27).